The molecule has 2 aromatic carbocycles. The maximum Gasteiger partial charge on any atom is 0.174 e. The monoisotopic (exact) mass is 270 g/mol. The van der Waals surface area contributed by atoms with Crippen LogP contribution in [0.5, 0.6) is 5.75 Å². The number of nitrogens with one attached hydrogen (secondary N) is 1. The van der Waals surface area contributed by atoms with Gasteiger partial charge in [0.2, 0.25) is 0 Å². The van der Waals surface area contributed by atoms with Crippen LogP contribution < -0.4 is 10.1 Å². The molecule has 102 valence electrons. The van der Waals surface area contributed by atoms with Gasteiger partial charge in [0.15, 0.2) is 6.61 Å². The van der Waals surface area contributed by atoms with Gasteiger partial charge in [-0.2, -0.15) is 5.26 Å². The molecule has 3 nitrogen and oxygen atoms in total. The summed E-state index contributed by atoms with van der Waals surface area (Å²) in [5.41, 5.74) is 1.79. The van der Waals surface area contributed by atoms with E-state index in [1.165, 1.54) is 12.1 Å². The van der Waals surface area contributed by atoms with Gasteiger partial charge in [-0.1, -0.05) is 18.2 Å². The van der Waals surface area contributed by atoms with Crippen molar-refractivity contribution >= 4 is 5.69 Å². The zero-order chi connectivity index (χ0) is 14.4. The Labute approximate surface area is 117 Å². The maximum absolute atomic E-state index is 13.1. The summed E-state index contributed by atoms with van der Waals surface area (Å²) in [5.74, 6) is 0.399. The summed E-state index contributed by atoms with van der Waals surface area (Å²) in [6.45, 7) is 2.03. The quantitative estimate of drug-likeness (QED) is 0.896. The van der Waals surface area contributed by atoms with Crippen molar-refractivity contribution in [2.75, 3.05) is 11.9 Å². The summed E-state index contributed by atoms with van der Waals surface area (Å²) >= 11 is 0. The van der Waals surface area contributed by atoms with E-state index in [2.05, 4.69) is 5.32 Å². The van der Waals surface area contributed by atoms with Crippen LogP contribution in [0.2, 0.25) is 0 Å². The number of halogens is 1. The minimum Gasteiger partial charge on any atom is -0.479 e. The summed E-state index contributed by atoms with van der Waals surface area (Å²) in [6.07, 6.45) is 0. The first-order valence-electron chi connectivity index (χ1n) is 6.31. The first-order chi connectivity index (χ1) is 9.69. The van der Waals surface area contributed by atoms with Gasteiger partial charge in [-0.3, -0.25) is 0 Å². The minimum absolute atomic E-state index is 0.0381. The fraction of sp³-hybridized carbons (Fsp3) is 0.188. The molecule has 20 heavy (non-hydrogen) atoms. The highest BCUT2D eigenvalue weighted by Crippen LogP contribution is 2.22. The number of rotatable bonds is 5. The minimum atomic E-state index is -0.262. The molecular weight excluding hydrogens is 255 g/mol. The summed E-state index contributed by atoms with van der Waals surface area (Å²) in [5, 5.41) is 11.7. The third-order valence-electron chi connectivity index (χ3n) is 2.89. The molecule has 1 atom stereocenters. The highest BCUT2D eigenvalue weighted by Gasteiger charge is 2.06. The molecular formula is C16H15FN2O. The Kier molecular flexibility index (Phi) is 4.56. The van der Waals surface area contributed by atoms with E-state index in [0.717, 1.165) is 11.3 Å². The highest BCUT2D eigenvalue weighted by atomic mass is 19.1. The van der Waals surface area contributed by atoms with Crippen molar-refractivity contribution in [2.45, 2.75) is 13.0 Å². The van der Waals surface area contributed by atoms with E-state index in [1.54, 1.807) is 6.07 Å². The second-order valence-corrected chi connectivity index (χ2v) is 4.39. The van der Waals surface area contributed by atoms with E-state index in [9.17, 15) is 4.39 Å². The third kappa shape index (κ3) is 3.72. The van der Waals surface area contributed by atoms with Crippen molar-refractivity contribution in [2.24, 2.45) is 0 Å². The van der Waals surface area contributed by atoms with Gasteiger partial charge < -0.3 is 10.1 Å². The normalized spacial score (nSPS) is 11.4. The number of ether oxygens (including phenoxy) is 1. The largest absolute Gasteiger partial charge is 0.479 e. The Bertz CT molecular complexity index is 605. The number of nitrogens with zero attached hydrogens (tertiary/aromatic N) is 1. The molecule has 1 N–H and O–H groups in total. The van der Waals surface area contributed by atoms with Crippen molar-refractivity contribution < 1.29 is 9.13 Å². The van der Waals surface area contributed by atoms with Crippen LogP contribution in [0.15, 0.2) is 48.5 Å². The number of nitriles is 1. The van der Waals surface area contributed by atoms with Gasteiger partial charge in [0.25, 0.3) is 0 Å². The zero-order valence-electron chi connectivity index (χ0n) is 11.1. The van der Waals surface area contributed by atoms with Crippen LogP contribution in [0.4, 0.5) is 10.1 Å². The fourth-order valence-corrected chi connectivity index (χ4v) is 1.88. The number of hydrogen-bond donors (Lipinski definition) is 1. The molecule has 0 radical (unpaired) electrons. The molecule has 0 aliphatic heterocycles. The highest BCUT2D eigenvalue weighted by molar-refractivity contribution is 5.45. The summed E-state index contributed by atoms with van der Waals surface area (Å²) in [7, 11) is 0. The number of anilines is 1. The molecule has 2 aromatic rings. The third-order valence-corrected chi connectivity index (χ3v) is 2.89. The SMILES string of the molecule is CC(Nc1cccc(F)c1)c1ccc(OCC#N)cc1. The van der Waals surface area contributed by atoms with E-state index in [4.69, 9.17) is 10.00 Å². The number of hydrogen-bond acceptors (Lipinski definition) is 3. The molecule has 0 amide bonds. The standard InChI is InChI=1S/C16H15FN2O/c1-12(19-15-4-2-3-14(17)11-15)13-5-7-16(8-6-13)20-10-9-18/h2-8,11-12,19H,10H2,1H3. The average molecular weight is 270 g/mol. The zero-order valence-corrected chi connectivity index (χ0v) is 11.1. The molecule has 0 saturated carbocycles. The van der Waals surface area contributed by atoms with Gasteiger partial charge in [-0.25, -0.2) is 4.39 Å². The Morgan fingerprint density at radius 1 is 1.25 bits per heavy atom. The summed E-state index contributed by atoms with van der Waals surface area (Å²) < 4.78 is 18.3. The van der Waals surface area contributed by atoms with Gasteiger partial charge in [0.05, 0.1) is 0 Å². The first-order valence-corrected chi connectivity index (χ1v) is 6.31. The molecule has 0 aromatic heterocycles. The van der Waals surface area contributed by atoms with Gasteiger partial charge in [-0.05, 0) is 42.8 Å². The Balaban J connectivity index is 2.02. The molecule has 1 unspecified atom stereocenters. The maximum atomic E-state index is 13.1. The summed E-state index contributed by atoms with van der Waals surface area (Å²) in [6, 6.07) is 15.8. The molecule has 4 heteroatoms. The van der Waals surface area contributed by atoms with E-state index < -0.39 is 0 Å². The topological polar surface area (TPSA) is 45.0 Å². The van der Waals surface area contributed by atoms with Crippen LogP contribution in [0, 0.1) is 17.1 Å². The second kappa shape index (κ2) is 6.58. The van der Waals surface area contributed by atoms with Crippen molar-refractivity contribution in [1.29, 1.82) is 5.26 Å². The fourth-order valence-electron chi connectivity index (χ4n) is 1.88. The Morgan fingerprint density at radius 2 is 2.00 bits per heavy atom. The lowest BCUT2D eigenvalue weighted by atomic mass is 10.1. The van der Waals surface area contributed by atoms with E-state index >= 15 is 0 Å². The van der Waals surface area contributed by atoms with Crippen LogP contribution in [0.25, 0.3) is 0 Å². The van der Waals surface area contributed by atoms with Crippen LogP contribution in [0.3, 0.4) is 0 Å². The predicted octanol–water partition coefficient (Wildman–Crippen LogP) is 3.90. The number of benzene rings is 2. The Morgan fingerprint density at radius 3 is 2.65 bits per heavy atom. The lowest BCUT2D eigenvalue weighted by Gasteiger charge is -2.16. The first kappa shape index (κ1) is 13.9. The summed E-state index contributed by atoms with van der Waals surface area (Å²) in [4.78, 5) is 0. The van der Waals surface area contributed by atoms with Crippen molar-refractivity contribution in [3.63, 3.8) is 0 Å². The molecule has 0 fully saturated rings. The lowest BCUT2D eigenvalue weighted by Crippen LogP contribution is -2.06. The van der Waals surface area contributed by atoms with E-state index in [0.29, 0.717) is 5.75 Å². The second-order valence-electron chi connectivity index (χ2n) is 4.39. The van der Waals surface area contributed by atoms with Gasteiger partial charge in [0.1, 0.15) is 17.6 Å². The molecule has 0 bridgehead atoms. The van der Waals surface area contributed by atoms with Crippen LogP contribution in [-0.2, 0) is 0 Å². The molecule has 0 aliphatic rings. The molecule has 2 rings (SSSR count). The van der Waals surface area contributed by atoms with Gasteiger partial charge >= 0.3 is 0 Å². The Hall–Kier alpha value is -2.54. The molecule has 0 saturated heterocycles. The lowest BCUT2D eigenvalue weighted by molar-refractivity contribution is 0.368. The molecule has 0 spiro atoms. The van der Waals surface area contributed by atoms with Crippen LogP contribution in [0.1, 0.15) is 18.5 Å². The van der Waals surface area contributed by atoms with E-state index in [-0.39, 0.29) is 18.5 Å². The van der Waals surface area contributed by atoms with Gasteiger partial charge in [-0.15, -0.1) is 0 Å². The average Bonchev–Trinajstić information content (AvgIpc) is 2.45. The molecule has 0 aliphatic carbocycles. The van der Waals surface area contributed by atoms with Crippen molar-refractivity contribution in [3.8, 4) is 11.8 Å². The van der Waals surface area contributed by atoms with E-state index in [1.807, 2.05) is 43.3 Å². The molecule has 0 heterocycles. The van der Waals surface area contributed by atoms with Crippen LogP contribution >= 0.6 is 0 Å². The smallest absolute Gasteiger partial charge is 0.174 e. The van der Waals surface area contributed by atoms with Crippen molar-refractivity contribution in [3.05, 3.63) is 59.9 Å². The van der Waals surface area contributed by atoms with Crippen molar-refractivity contribution in [1.82, 2.24) is 0 Å². The van der Waals surface area contributed by atoms with Gasteiger partial charge in [0, 0.05) is 11.7 Å². The van der Waals surface area contributed by atoms with Crippen LogP contribution in [-0.4, -0.2) is 6.61 Å². The predicted molar refractivity (Wildman–Crippen MR) is 76.0 cm³/mol.